The zero-order valence-electron chi connectivity index (χ0n) is 13.2. The van der Waals surface area contributed by atoms with Crippen LogP contribution in [0.3, 0.4) is 0 Å². The van der Waals surface area contributed by atoms with E-state index in [0.29, 0.717) is 12.0 Å². The molecule has 112 valence electrons. The van der Waals surface area contributed by atoms with Gasteiger partial charge in [0, 0.05) is 25.7 Å². The Balaban J connectivity index is 1.95. The lowest BCUT2D eigenvalue weighted by Gasteiger charge is -2.43. The summed E-state index contributed by atoms with van der Waals surface area (Å²) in [5.41, 5.74) is 7.56. The van der Waals surface area contributed by atoms with Gasteiger partial charge in [-0.3, -0.25) is 4.90 Å². The Morgan fingerprint density at radius 1 is 1.35 bits per heavy atom. The molecule has 3 nitrogen and oxygen atoms in total. The van der Waals surface area contributed by atoms with Crippen molar-refractivity contribution in [3.8, 4) is 0 Å². The van der Waals surface area contributed by atoms with Gasteiger partial charge in [0.25, 0.3) is 0 Å². The van der Waals surface area contributed by atoms with Gasteiger partial charge in [-0.25, -0.2) is 0 Å². The Hall–Kier alpha value is -0.900. The normalized spacial score (nSPS) is 26.1. The molecular weight excluding hydrogens is 248 g/mol. The van der Waals surface area contributed by atoms with E-state index in [0.717, 1.165) is 19.6 Å². The van der Waals surface area contributed by atoms with Crippen molar-refractivity contribution in [3.05, 3.63) is 35.9 Å². The average molecular weight is 276 g/mol. The fraction of sp³-hybridized carbons (Fsp3) is 0.647. The standard InChI is InChI=1S/C17H28N2O/c1-13(16(18)15-8-6-5-7-9-15)10-19-11-14(2)20-17(3,4)12-19/h5-9,13-14,16H,10-12,18H2,1-4H3. The molecule has 3 heteroatoms. The fourth-order valence-electron chi connectivity index (χ4n) is 3.25. The molecule has 0 saturated carbocycles. The summed E-state index contributed by atoms with van der Waals surface area (Å²) in [4.78, 5) is 2.49. The molecule has 1 aromatic carbocycles. The Morgan fingerprint density at radius 2 is 2.00 bits per heavy atom. The van der Waals surface area contributed by atoms with Gasteiger partial charge in [0.05, 0.1) is 11.7 Å². The van der Waals surface area contributed by atoms with Gasteiger partial charge in [-0.15, -0.1) is 0 Å². The van der Waals surface area contributed by atoms with Crippen molar-refractivity contribution in [3.63, 3.8) is 0 Å². The van der Waals surface area contributed by atoms with Crippen LogP contribution in [0.1, 0.15) is 39.3 Å². The minimum Gasteiger partial charge on any atom is -0.370 e. The number of nitrogens with zero attached hydrogens (tertiary/aromatic N) is 1. The molecule has 0 aromatic heterocycles. The summed E-state index contributed by atoms with van der Waals surface area (Å²) in [6.45, 7) is 11.7. The van der Waals surface area contributed by atoms with E-state index in [1.165, 1.54) is 5.56 Å². The first kappa shape index (κ1) is 15.5. The molecule has 0 amide bonds. The van der Waals surface area contributed by atoms with Crippen molar-refractivity contribution in [1.29, 1.82) is 0 Å². The second-order valence-corrected chi connectivity index (χ2v) is 6.80. The lowest BCUT2D eigenvalue weighted by molar-refractivity contribution is -0.131. The number of hydrogen-bond donors (Lipinski definition) is 1. The molecule has 1 aliphatic heterocycles. The highest BCUT2D eigenvalue weighted by Gasteiger charge is 2.32. The van der Waals surface area contributed by atoms with Crippen molar-refractivity contribution >= 4 is 0 Å². The third-order valence-corrected chi connectivity index (χ3v) is 3.98. The van der Waals surface area contributed by atoms with Gasteiger partial charge in [-0.2, -0.15) is 0 Å². The zero-order chi connectivity index (χ0) is 14.8. The number of benzene rings is 1. The molecule has 3 unspecified atom stereocenters. The van der Waals surface area contributed by atoms with Crippen molar-refractivity contribution < 1.29 is 4.74 Å². The van der Waals surface area contributed by atoms with E-state index >= 15 is 0 Å². The van der Waals surface area contributed by atoms with E-state index in [1.54, 1.807) is 0 Å². The monoisotopic (exact) mass is 276 g/mol. The highest BCUT2D eigenvalue weighted by Crippen LogP contribution is 2.25. The maximum absolute atomic E-state index is 6.40. The molecular formula is C17H28N2O. The predicted octanol–water partition coefficient (Wildman–Crippen LogP) is 2.82. The predicted molar refractivity (Wildman–Crippen MR) is 83.6 cm³/mol. The molecule has 0 spiro atoms. The van der Waals surface area contributed by atoms with E-state index in [4.69, 9.17) is 10.5 Å². The smallest absolute Gasteiger partial charge is 0.0757 e. The quantitative estimate of drug-likeness (QED) is 0.919. The molecule has 0 aliphatic carbocycles. The molecule has 1 saturated heterocycles. The summed E-state index contributed by atoms with van der Waals surface area (Å²) in [5.74, 6) is 0.429. The number of morpholine rings is 1. The number of ether oxygens (including phenoxy) is 1. The summed E-state index contributed by atoms with van der Waals surface area (Å²) in [6, 6.07) is 10.5. The highest BCUT2D eigenvalue weighted by molar-refractivity contribution is 5.19. The lowest BCUT2D eigenvalue weighted by atomic mass is 9.94. The second kappa shape index (κ2) is 6.25. The van der Waals surface area contributed by atoms with E-state index in [-0.39, 0.29) is 11.6 Å². The fourth-order valence-corrected chi connectivity index (χ4v) is 3.25. The lowest BCUT2D eigenvalue weighted by Crippen LogP contribution is -2.53. The SMILES string of the molecule is CC1CN(CC(C)C(N)c2ccccc2)CC(C)(C)O1. The molecule has 2 N–H and O–H groups in total. The molecule has 0 bridgehead atoms. The van der Waals surface area contributed by atoms with E-state index in [2.05, 4.69) is 56.9 Å². The van der Waals surface area contributed by atoms with Gasteiger partial charge in [0.1, 0.15) is 0 Å². The number of rotatable bonds is 4. The number of nitrogens with two attached hydrogens (primary N) is 1. The van der Waals surface area contributed by atoms with Crippen molar-refractivity contribution in [2.75, 3.05) is 19.6 Å². The largest absolute Gasteiger partial charge is 0.370 e. The third-order valence-electron chi connectivity index (χ3n) is 3.98. The second-order valence-electron chi connectivity index (χ2n) is 6.80. The minimum absolute atomic E-state index is 0.0613. The zero-order valence-corrected chi connectivity index (χ0v) is 13.2. The molecule has 0 radical (unpaired) electrons. The molecule has 1 fully saturated rings. The van der Waals surface area contributed by atoms with Crippen LogP contribution >= 0.6 is 0 Å². The summed E-state index contributed by atoms with van der Waals surface area (Å²) in [5, 5.41) is 0. The maximum atomic E-state index is 6.40. The van der Waals surface area contributed by atoms with Crippen LogP contribution in [0.25, 0.3) is 0 Å². The number of hydrogen-bond acceptors (Lipinski definition) is 3. The highest BCUT2D eigenvalue weighted by atomic mass is 16.5. The first-order valence-electron chi connectivity index (χ1n) is 7.58. The first-order valence-corrected chi connectivity index (χ1v) is 7.58. The third kappa shape index (κ3) is 4.05. The van der Waals surface area contributed by atoms with Crippen LogP contribution in [0.5, 0.6) is 0 Å². The first-order chi connectivity index (χ1) is 9.37. The maximum Gasteiger partial charge on any atom is 0.0757 e. The van der Waals surface area contributed by atoms with Gasteiger partial charge in [-0.1, -0.05) is 37.3 Å². The summed E-state index contributed by atoms with van der Waals surface area (Å²) in [6.07, 6.45) is 0.291. The van der Waals surface area contributed by atoms with Crippen LogP contribution in [0, 0.1) is 5.92 Å². The van der Waals surface area contributed by atoms with Gasteiger partial charge in [0.2, 0.25) is 0 Å². The Labute approximate surface area is 123 Å². The molecule has 1 aliphatic rings. The van der Waals surface area contributed by atoms with E-state index < -0.39 is 0 Å². The summed E-state index contributed by atoms with van der Waals surface area (Å²) < 4.78 is 5.96. The summed E-state index contributed by atoms with van der Waals surface area (Å²) >= 11 is 0. The molecule has 20 heavy (non-hydrogen) atoms. The van der Waals surface area contributed by atoms with Crippen LogP contribution in [0.4, 0.5) is 0 Å². The Morgan fingerprint density at radius 3 is 2.60 bits per heavy atom. The topological polar surface area (TPSA) is 38.5 Å². The summed E-state index contributed by atoms with van der Waals surface area (Å²) in [7, 11) is 0. The van der Waals surface area contributed by atoms with Crippen LogP contribution in [0.2, 0.25) is 0 Å². The van der Waals surface area contributed by atoms with Gasteiger partial charge < -0.3 is 10.5 Å². The average Bonchev–Trinajstić information content (AvgIpc) is 2.36. The van der Waals surface area contributed by atoms with E-state index in [1.807, 2.05) is 6.07 Å². The Bertz CT molecular complexity index is 418. The van der Waals surface area contributed by atoms with Gasteiger partial charge in [-0.05, 0) is 32.3 Å². The van der Waals surface area contributed by atoms with Crippen molar-refractivity contribution in [1.82, 2.24) is 4.90 Å². The molecule has 3 atom stereocenters. The van der Waals surface area contributed by atoms with E-state index in [9.17, 15) is 0 Å². The van der Waals surface area contributed by atoms with Crippen LogP contribution in [0.15, 0.2) is 30.3 Å². The van der Waals surface area contributed by atoms with Gasteiger partial charge in [0.15, 0.2) is 0 Å². The van der Waals surface area contributed by atoms with Crippen LogP contribution in [-0.4, -0.2) is 36.2 Å². The molecule has 2 rings (SSSR count). The van der Waals surface area contributed by atoms with Crippen LogP contribution in [-0.2, 0) is 4.74 Å². The van der Waals surface area contributed by atoms with Crippen molar-refractivity contribution in [2.45, 2.75) is 45.4 Å². The Kier molecular flexibility index (Phi) is 4.84. The van der Waals surface area contributed by atoms with Crippen LogP contribution < -0.4 is 5.73 Å². The van der Waals surface area contributed by atoms with Gasteiger partial charge >= 0.3 is 0 Å². The molecule has 1 aromatic rings. The molecule has 1 heterocycles. The minimum atomic E-state index is -0.0613. The van der Waals surface area contributed by atoms with Crippen molar-refractivity contribution in [2.24, 2.45) is 11.7 Å².